The number of hydrogen-bond donors (Lipinski definition) is 0. The Morgan fingerprint density at radius 2 is 1.00 bits per heavy atom. The Hall–Kier alpha value is -5.02. The molecule has 0 fully saturated rings. The standard InChI is InChI=1S/C57H65BN2/c1-36-29-50-52-51(30-36)60(47-25-23-39(54(5,6)7)32-42(47)37-19-16-15-17-20-37)49-35-44-43(56(11,12)27-28-57(44,13)14)34-46(49)58(52)45-33-40(55(8,9)10)24-26-48(45)59(50)41-22-18-21-38(31-41)53(2,3)4/h15-26,29-35H,27-28H2,1-14H3. The van der Waals surface area contributed by atoms with E-state index in [2.05, 4.69) is 222 Å². The predicted molar refractivity (Wildman–Crippen MR) is 262 cm³/mol. The van der Waals surface area contributed by atoms with Crippen molar-refractivity contribution in [1.29, 1.82) is 0 Å². The highest BCUT2D eigenvalue weighted by molar-refractivity contribution is 7.00. The van der Waals surface area contributed by atoms with E-state index in [4.69, 9.17) is 0 Å². The molecule has 306 valence electrons. The third kappa shape index (κ3) is 6.54. The van der Waals surface area contributed by atoms with E-state index in [0.717, 1.165) is 0 Å². The van der Waals surface area contributed by atoms with E-state index < -0.39 is 0 Å². The summed E-state index contributed by atoms with van der Waals surface area (Å²) >= 11 is 0. The molecule has 1 aliphatic carbocycles. The molecule has 0 radical (unpaired) electrons. The Kier molecular flexibility index (Phi) is 9.08. The van der Waals surface area contributed by atoms with Crippen molar-refractivity contribution in [3.05, 3.63) is 149 Å². The summed E-state index contributed by atoms with van der Waals surface area (Å²) in [6, 6.07) is 45.3. The first-order chi connectivity index (χ1) is 28.0. The lowest BCUT2D eigenvalue weighted by Crippen LogP contribution is -2.62. The van der Waals surface area contributed by atoms with E-state index >= 15 is 0 Å². The molecule has 0 atom stereocenters. The van der Waals surface area contributed by atoms with Gasteiger partial charge in [0.1, 0.15) is 0 Å². The summed E-state index contributed by atoms with van der Waals surface area (Å²) in [5.41, 5.74) is 22.7. The summed E-state index contributed by atoms with van der Waals surface area (Å²) in [5, 5.41) is 0. The largest absolute Gasteiger partial charge is 0.311 e. The van der Waals surface area contributed by atoms with E-state index in [1.807, 2.05) is 0 Å². The second-order valence-corrected chi connectivity index (χ2v) is 22.7. The van der Waals surface area contributed by atoms with Crippen LogP contribution in [0.25, 0.3) is 11.1 Å². The number of hydrogen-bond acceptors (Lipinski definition) is 2. The second kappa shape index (κ2) is 13.5. The van der Waals surface area contributed by atoms with Crippen LogP contribution in [0.3, 0.4) is 0 Å². The maximum absolute atomic E-state index is 2.67. The maximum Gasteiger partial charge on any atom is 0.252 e. The van der Waals surface area contributed by atoms with Crippen LogP contribution in [-0.4, -0.2) is 6.71 Å². The summed E-state index contributed by atoms with van der Waals surface area (Å²) in [4.78, 5) is 5.27. The fraction of sp³-hybridized carbons (Fsp3) is 0.368. The van der Waals surface area contributed by atoms with Gasteiger partial charge in [0.2, 0.25) is 0 Å². The normalized spacial score (nSPS) is 16.5. The van der Waals surface area contributed by atoms with Crippen LogP contribution in [0.4, 0.5) is 34.1 Å². The van der Waals surface area contributed by atoms with E-state index in [1.165, 1.54) is 108 Å². The zero-order valence-electron chi connectivity index (χ0n) is 38.9. The van der Waals surface area contributed by atoms with Crippen LogP contribution in [0.1, 0.15) is 136 Å². The van der Waals surface area contributed by atoms with Crippen LogP contribution < -0.4 is 26.2 Å². The molecule has 0 saturated carbocycles. The van der Waals surface area contributed by atoms with Gasteiger partial charge in [-0.25, -0.2) is 0 Å². The number of aryl methyl sites for hydroxylation is 1. The van der Waals surface area contributed by atoms with Crippen LogP contribution in [0.15, 0.2) is 115 Å². The molecule has 6 aromatic carbocycles. The van der Waals surface area contributed by atoms with Gasteiger partial charge in [0.05, 0.1) is 5.69 Å². The zero-order chi connectivity index (χ0) is 42.9. The summed E-state index contributed by atoms with van der Waals surface area (Å²) in [6.07, 6.45) is 2.35. The molecule has 9 rings (SSSR count). The Labute approximate surface area is 362 Å². The monoisotopic (exact) mass is 789 g/mol. The highest BCUT2D eigenvalue weighted by Crippen LogP contribution is 2.52. The van der Waals surface area contributed by atoms with Gasteiger partial charge in [-0.1, -0.05) is 157 Å². The molecule has 60 heavy (non-hydrogen) atoms. The summed E-state index contributed by atoms with van der Waals surface area (Å²) < 4.78 is 0. The number of nitrogens with zero attached hydrogens (tertiary/aromatic N) is 2. The van der Waals surface area contributed by atoms with Crippen molar-refractivity contribution in [2.24, 2.45) is 0 Å². The Morgan fingerprint density at radius 1 is 0.467 bits per heavy atom. The quantitative estimate of drug-likeness (QED) is 0.165. The first-order valence-corrected chi connectivity index (χ1v) is 22.4. The third-order valence-electron chi connectivity index (χ3n) is 14.2. The van der Waals surface area contributed by atoms with E-state index in [1.54, 1.807) is 0 Å². The molecule has 3 heteroatoms. The van der Waals surface area contributed by atoms with Gasteiger partial charge in [-0.05, 0) is 151 Å². The lowest BCUT2D eigenvalue weighted by atomic mass is 9.33. The van der Waals surface area contributed by atoms with Crippen molar-refractivity contribution >= 4 is 57.2 Å². The first kappa shape index (κ1) is 40.4. The molecule has 2 nitrogen and oxygen atoms in total. The Balaban J connectivity index is 1.44. The van der Waals surface area contributed by atoms with Gasteiger partial charge in [-0.2, -0.15) is 0 Å². The van der Waals surface area contributed by atoms with Crippen LogP contribution in [-0.2, 0) is 27.1 Å². The Morgan fingerprint density at radius 3 is 1.62 bits per heavy atom. The van der Waals surface area contributed by atoms with Gasteiger partial charge >= 0.3 is 0 Å². The van der Waals surface area contributed by atoms with Crippen molar-refractivity contribution in [3.8, 4) is 11.1 Å². The lowest BCUT2D eigenvalue weighted by Gasteiger charge is -2.48. The second-order valence-electron chi connectivity index (χ2n) is 22.7. The zero-order valence-corrected chi connectivity index (χ0v) is 38.9. The van der Waals surface area contributed by atoms with Gasteiger partial charge in [0.15, 0.2) is 0 Å². The van der Waals surface area contributed by atoms with Gasteiger partial charge in [-0.15, -0.1) is 0 Å². The number of benzene rings is 6. The summed E-state index contributed by atoms with van der Waals surface area (Å²) in [6.45, 7) is 33.3. The van der Waals surface area contributed by atoms with Gasteiger partial charge < -0.3 is 9.80 Å². The molecule has 2 heterocycles. The molecule has 0 aromatic heterocycles. The summed E-state index contributed by atoms with van der Waals surface area (Å²) in [5.74, 6) is 0. The van der Waals surface area contributed by atoms with Gasteiger partial charge in [-0.3, -0.25) is 0 Å². The van der Waals surface area contributed by atoms with Crippen LogP contribution in [0.5, 0.6) is 0 Å². The van der Waals surface area contributed by atoms with Crippen molar-refractivity contribution in [2.45, 2.75) is 137 Å². The predicted octanol–water partition coefficient (Wildman–Crippen LogP) is 14.0. The maximum atomic E-state index is 2.67. The minimum absolute atomic E-state index is 0.000700. The number of rotatable bonds is 3. The topological polar surface area (TPSA) is 6.48 Å². The van der Waals surface area contributed by atoms with E-state index in [9.17, 15) is 0 Å². The minimum atomic E-state index is -0.00677. The van der Waals surface area contributed by atoms with E-state index in [0.29, 0.717) is 0 Å². The molecule has 6 aromatic rings. The first-order valence-electron chi connectivity index (χ1n) is 22.4. The Bertz CT molecular complexity index is 2680. The smallest absolute Gasteiger partial charge is 0.252 e. The van der Waals surface area contributed by atoms with Crippen molar-refractivity contribution in [1.82, 2.24) is 0 Å². The molecule has 0 N–H and O–H groups in total. The highest BCUT2D eigenvalue weighted by atomic mass is 15.2. The molecule has 2 aliphatic heterocycles. The molecule has 0 spiro atoms. The van der Waals surface area contributed by atoms with Crippen LogP contribution >= 0.6 is 0 Å². The van der Waals surface area contributed by atoms with Crippen molar-refractivity contribution in [2.75, 3.05) is 9.80 Å². The average molecular weight is 789 g/mol. The molecule has 3 aliphatic rings. The van der Waals surface area contributed by atoms with Gasteiger partial charge in [0.25, 0.3) is 6.71 Å². The lowest BCUT2D eigenvalue weighted by molar-refractivity contribution is 0.332. The molecule has 0 amide bonds. The highest BCUT2D eigenvalue weighted by Gasteiger charge is 2.47. The molecule has 0 bridgehead atoms. The minimum Gasteiger partial charge on any atom is -0.311 e. The summed E-state index contributed by atoms with van der Waals surface area (Å²) in [7, 11) is 0. The third-order valence-corrected chi connectivity index (χ3v) is 14.2. The SMILES string of the molecule is Cc1cc2c3c(c1)N(c1ccc(C(C)(C)C)cc1-c1ccccc1)c1cc4c(cc1B3c1cc(C(C)(C)C)ccc1N2c1cccc(C(C)(C)C)c1)C(C)(C)CCC4(C)C. The average Bonchev–Trinajstić information content (AvgIpc) is 3.18. The van der Waals surface area contributed by atoms with Crippen molar-refractivity contribution in [3.63, 3.8) is 0 Å². The van der Waals surface area contributed by atoms with Crippen LogP contribution in [0.2, 0.25) is 0 Å². The number of fused-ring (bicyclic) bond motifs is 5. The molecular formula is C57H65BN2. The fourth-order valence-corrected chi connectivity index (χ4v) is 10.4. The van der Waals surface area contributed by atoms with Crippen LogP contribution in [0, 0.1) is 6.92 Å². The molecular weight excluding hydrogens is 723 g/mol. The fourth-order valence-electron chi connectivity index (χ4n) is 10.4. The number of anilines is 6. The molecule has 0 saturated heterocycles. The molecule has 0 unspecified atom stereocenters. The van der Waals surface area contributed by atoms with Gasteiger partial charge in [0, 0.05) is 34.0 Å². The van der Waals surface area contributed by atoms with Crippen molar-refractivity contribution < 1.29 is 0 Å². The van der Waals surface area contributed by atoms with E-state index in [-0.39, 0.29) is 33.8 Å².